The quantitative estimate of drug-likeness (QED) is 0.235. The normalized spacial score (nSPS) is 11.8. The van der Waals surface area contributed by atoms with Gasteiger partial charge in [0.2, 0.25) is 0 Å². The summed E-state index contributed by atoms with van der Waals surface area (Å²) in [6.07, 6.45) is 0. The van der Waals surface area contributed by atoms with Crippen LogP contribution in [0.2, 0.25) is 0 Å². The van der Waals surface area contributed by atoms with Gasteiger partial charge in [-0.1, -0.05) is 54.6 Å². The van der Waals surface area contributed by atoms with Crippen LogP contribution in [-0.2, 0) is 7.05 Å². The van der Waals surface area contributed by atoms with E-state index >= 15 is 0 Å². The van der Waals surface area contributed by atoms with Crippen LogP contribution in [0.3, 0.4) is 0 Å². The van der Waals surface area contributed by atoms with E-state index in [1.165, 1.54) is 5.39 Å². The molecule has 5 heteroatoms. The number of aryl methyl sites for hydroxylation is 1. The number of rotatable bonds is 3. The molecular formula is C33H22N4O. The number of imidazole rings is 2. The highest BCUT2D eigenvalue weighted by molar-refractivity contribution is 6.14. The van der Waals surface area contributed by atoms with Gasteiger partial charge in [0, 0.05) is 23.4 Å². The minimum Gasteiger partial charge on any atom is -0.457 e. The Hall–Kier alpha value is -5.16. The smallest absolute Gasteiger partial charge is 0.146 e. The summed E-state index contributed by atoms with van der Waals surface area (Å²) in [5.41, 5.74) is 7.25. The second-order valence-electron chi connectivity index (χ2n) is 9.60. The van der Waals surface area contributed by atoms with Gasteiger partial charge in [0.25, 0.3) is 0 Å². The van der Waals surface area contributed by atoms with E-state index in [0.717, 1.165) is 66.9 Å². The van der Waals surface area contributed by atoms with Crippen LogP contribution in [0.4, 0.5) is 0 Å². The van der Waals surface area contributed by atoms with Crippen molar-refractivity contribution in [3.8, 4) is 22.9 Å². The molecule has 0 atom stereocenters. The van der Waals surface area contributed by atoms with Crippen LogP contribution in [0.15, 0.2) is 115 Å². The molecule has 0 amide bonds. The molecule has 0 fully saturated rings. The van der Waals surface area contributed by atoms with E-state index in [1.807, 2.05) is 55.6 Å². The second-order valence-corrected chi connectivity index (χ2v) is 9.60. The maximum absolute atomic E-state index is 6.42. The Morgan fingerprint density at radius 1 is 0.553 bits per heavy atom. The highest BCUT2D eigenvalue weighted by atomic mass is 16.5. The molecule has 0 radical (unpaired) electrons. The fraction of sp³-hybridized carbons (Fsp3) is 0.0303. The first kappa shape index (κ1) is 21.0. The molecule has 0 aliphatic heterocycles. The van der Waals surface area contributed by atoms with Crippen molar-refractivity contribution < 1.29 is 4.74 Å². The zero-order valence-corrected chi connectivity index (χ0v) is 20.7. The molecule has 0 aliphatic carbocycles. The van der Waals surface area contributed by atoms with Crippen LogP contribution in [0.25, 0.3) is 60.8 Å². The first-order chi connectivity index (χ1) is 18.7. The van der Waals surface area contributed by atoms with Crippen molar-refractivity contribution in [2.45, 2.75) is 0 Å². The minimum atomic E-state index is 0.763. The maximum atomic E-state index is 6.42. The lowest BCUT2D eigenvalue weighted by molar-refractivity contribution is 0.483. The Morgan fingerprint density at radius 2 is 1.26 bits per heavy atom. The van der Waals surface area contributed by atoms with E-state index in [1.54, 1.807) is 0 Å². The van der Waals surface area contributed by atoms with Crippen LogP contribution >= 0.6 is 0 Å². The van der Waals surface area contributed by atoms with Gasteiger partial charge < -0.3 is 9.30 Å². The molecule has 38 heavy (non-hydrogen) atoms. The third kappa shape index (κ3) is 3.05. The number of hydrogen-bond donors (Lipinski definition) is 0. The SMILES string of the molecule is Cn1c(-c2cccc(Oc3ccc4c5ccccc5n5c6ccccc6nc5c4c3)c2)nc2ccccc21. The summed E-state index contributed by atoms with van der Waals surface area (Å²) in [5, 5.41) is 3.40. The topological polar surface area (TPSA) is 44.4 Å². The molecule has 0 spiro atoms. The first-order valence-corrected chi connectivity index (χ1v) is 12.7. The van der Waals surface area contributed by atoms with Crippen molar-refractivity contribution in [1.82, 2.24) is 18.9 Å². The average molecular weight is 491 g/mol. The molecule has 8 rings (SSSR count). The van der Waals surface area contributed by atoms with E-state index in [-0.39, 0.29) is 0 Å². The van der Waals surface area contributed by atoms with Gasteiger partial charge in [-0.05, 0) is 66.0 Å². The molecule has 0 saturated carbocycles. The van der Waals surface area contributed by atoms with Crippen LogP contribution in [-0.4, -0.2) is 18.9 Å². The molecule has 0 aliphatic rings. The summed E-state index contributed by atoms with van der Waals surface area (Å²) < 4.78 is 10.8. The molecule has 0 saturated heterocycles. The van der Waals surface area contributed by atoms with Crippen molar-refractivity contribution in [3.63, 3.8) is 0 Å². The lowest BCUT2D eigenvalue weighted by Gasteiger charge is -2.12. The highest BCUT2D eigenvalue weighted by Gasteiger charge is 2.15. The summed E-state index contributed by atoms with van der Waals surface area (Å²) in [5.74, 6) is 2.44. The molecule has 8 aromatic rings. The fourth-order valence-electron chi connectivity index (χ4n) is 5.59. The van der Waals surface area contributed by atoms with Crippen LogP contribution in [0.1, 0.15) is 0 Å². The zero-order chi connectivity index (χ0) is 25.2. The van der Waals surface area contributed by atoms with Gasteiger partial charge >= 0.3 is 0 Å². The number of fused-ring (bicyclic) bond motifs is 9. The average Bonchev–Trinajstić information content (AvgIpc) is 3.52. The lowest BCUT2D eigenvalue weighted by Crippen LogP contribution is -1.94. The molecule has 0 bridgehead atoms. The Bertz CT molecular complexity index is 2190. The number of ether oxygens (including phenoxy) is 1. The summed E-state index contributed by atoms with van der Waals surface area (Å²) >= 11 is 0. The fourth-order valence-corrected chi connectivity index (χ4v) is 5.59. The van der Waals surface area contributed by atoms with Gasteiger partial charge in [-0.25, -0.2) is 9.97 Å². The zero-order valence-electron chi connectivity index (χ0n) is 20.7. The molecule has 0 unspecified atom stereocenters. The van der Waals surface area contributed by atoms with Crippen molar-refractivity contribution in [1.29, 1.82) is 0 Å². The van der Waals surface area contributed by atoms with Crippen molar-refractivity contribution in [2.24, 2.45) is 7.05 Å². The largest absolute Gasteiger partial charge is 0.457 e. The predicted molar refractivity (Wildman–Crippen MR) is 154 cm³/mol. The highest BCUT2D eigenvalue weighted by Crippen LogP contribution is 2.36. The number of para-hydroxylation sites is 5. The molecule has 3 heterocycles. The number of aromatic nitrogens is 4. The van der Waals surface area contributed by atoms with E-state index in [4.69, 9.17) is 14.7 Å². The van der Waals surface area contributed by atoms with Crippen LogP contribution in [0.5, 0.6) is 11.5 Å². The third-order valence-corrected chi connectivity index (χ3v) is 7.34. The van der Waals surface area contributed by atoms with Crippen molar-refractivity contribution >= 4 is 49.4 Å². The Balaban J connectivity index is 1.28. The number of nitrogens with zero attached hydrogens (tertiary/aromatic N) is 4. The van der Waals surface area contributed by atoms with Crippen LogP contribution < -0.4 is 4.74 Å². The monoisotopic (exact) mass is 490 g/mol. The van der Waals surface area contributed by atoms with Gasteiger partial charge in [0.05, 0.1) is 27.6 Å². The molecular weight excluding hydrogens is 468 g/mol. The summed E-state index contributed by atoms with van der Waals surface area (Å²) in [7, 11) is 2.05. The van der Waals surface area contributed by atoms with E-state index in [9.17, 15) is 0 Å². The van der Waals surface area contributed by atoms with Crippen molar-refractivity contribution in [2.75, 3.05) is 0 Å². The second kappa shape index (κ2) is 7.92. The number of hydrogen-bond acceptors (Lipinski definition) is 3. The Kier molecular flexibility index (Phi) is 4.37. The van der Waals surface area contributed by atoms with Crippen molar-refractivity contribution in [3.05, 3.63) is 115 Å². The van der Waals surface area contributed by atoms with E-state index < -0.39 is 0 Å². The van der Waals surface area contributed by atoms with E-state index in [2.05, 4.69) is 75.7 Å². The molecule has 5 nitrogen and oxygen atoms in total. The number of pyridine rings is 1. The van der Waals surface area contributed by atoms with Crippen LogP contribution in [0, 0.1) is 0 Å². The summed E-state index contributed by atoms with van der Waals surface area (Å²) in [4.78, 5) is 9.87. The molecule has 3 aromatic heterocycles. The maximum Gasteiger partial charge on any atom is 0.146 e. The predicted octanol–water partition coefficient (Wildman–Crippen LogP) is 8.14. The minimum absolute atomic E-state index is 0.763. The van der Waals surface area contributed by atoms with E-state index in [0.29, 0.717) is 0 Å². The van der Waals surface area contributed by atoms with Gasteiger partial charge in [-0.15, -0.1) is 0 Å². The summed E-state index contributed by atoms with van der Waals surface area (Å²) in [6.45, 7) is 0. The Labute approximate surface area is 218 Å². The molecule has 5 aromatic carbocycles. The van der Waals surface area contributed by atoms with Gasteiger partial charge in [-0.2, -0.15) is 0 Å². The Morgan fingerprint density at radius 3 is 2.11 bits per heavy atom. The first-order valence-electron chi connectivity index (χ1n) is 12.7. The number of benzene rings is 5. The molecule has 180 valence electrons. The van der Waals surface area contributed by atoms with Gasteiger partial charge in [-0.3, -0.25) is 4.40 Å². The third-order valence-electron chi connectivity index (χ3n) is 7.34. The molecule has 0 N–H and O–H groups in total. The van der Waals surface area contributed by atoms with Gasteiger partial charge in [0.1, 0.15) is 23.0 Å². The standard InChI is InChI=1S/C33H22N4O/c1-36-30-15-6-3-12-27(30)34-32(36)21-9-8-10-22(19-21)38-23-17-18-24-25-11-2-5-14-29(25)37-31-16-7-4-13-28(31)35-33(37)26(24)20-23/h2-20H,1H3. The van der Waals surface area contributed by atoms with Gasteiger partial charge in [0.15, 0.2) is 0 Å². The lowest BCUT2D eigenvalue weighted by atomic mass is 10.1. The summed E-state index contributed by atoms with van der Waals surface area (Å²) in [6, 6.07) is 39.4.